The van der Waals surface area contributed by atoms with Gasteiger partial charge in [0.15, 0.2) is 0 Å². The zero-order valence-electron chi connectivity index (χ0n) is 45.4. The third-order valence-electron chi connectivity index (χ3n) is 18.2. The van der Waals surface area contributed by atoms with Crippen LogP contribution in [0, 0.1) is 0 Å². The molecule has 0 radical (unpaired) electrons. The molecule has 378 valence electrons. The van der Waals surface area contributed by atoms with Gasteiger partial charge in [0.05, 0.1) is 27.6 Å². The van der Waals surface area contributed by atoms with E-state index >= 15 is 0 Å². The number of rotatable bonds is 4. The molecule has 1 aromatic heterocycles. The number of para-hydroxylation sites is 2. The fourth-order valence-electron chi connectivity index (χ4n) is 14.7. The highest BCUT2D eigenvalue weighted by atomic mass is 16.5. The monoisotopic (exact) mass is 1010 g/mol. The predicted octanol–water partition coefficient (Wildman–Crippen LogP) is 19.7. The SMILES string of the molecule is CC(C)(C)c1ccc2c(c1)C1(c3cc(C(C)(C)C)ccc3O2)c2ccccc2-c2c(N(c3cccc(-n4c5ccccc5c5ccccc54)c3)c3ccc4c(c3)C3(c5ccccc5-c5ccccc53)c3ccccc3-4)cccc21. The van der Waals surface area contributed by atoms with Gasteiger partial charge in [0.1, 0.15) is 11.5 Å². The Bertz CT molecular complexity index is 4390. The van der Waals surface area contributed by atoms with Crippen LogP contribution in [-0.4, -0.2) is 4.57 Å². The number of hydrogen-bond donors (Lipinski definition) is 0. The highest BCUT2D eigenvalue weighted by Gasteiger charge is 2.54. The first-order valence-corrected chi connectivity index (χ1v) is 28.0. The standard InChI is InChI=1S/C76H58N2O/c1-73(2,3)47-37-41-70-65(43-47)76(66-44-48(74(4,5)6)38-42-71(66)79-70)62-32-16-10-28-58(62)72-63(76)33-20-36-69(72)77(49-21-19-22-50(45-49)78-67-34-17-11-26-56(67)57-27-12-18-35-68(57)78)51-39-40-55-54-25-9-15-31-61(54)75(64(55)46-51)59-29-13-7-23-52(59)53-24-8-14-30-60(53)75/h7-46H,1-6H3. The van der Waals surface area contributed by atoms with Crippen LogP contribution in [-0.2, 0) is 21.7 Å². The molecule has 4 aliphatic rings. The minimum atomic E-state index is -0.704. The summed E-state index contributed by atoms with van der Waals surface area (Å²) < 4.78 is 9.55. The third kappa shape index (κ3) is 6.13. The van der Waals surface area contributed by atoms with Crippen molar-refractivity contribution < 1.29 is 4.74 Å². The van der Waals surface area contributed by atoms with Crippen molar-refractivity contribution in [3.8, 4) is 50.6 Å². The second-order valence-corrected chi connectivity index (χ2v) is 24.4. The van der Waals surface area contributed by atoms with Gasteiger partial charge in [-0.3, -0.25) is 0 Å². The van der Waals surface area contributed by atoms with Crippen molar-refractivity contribution in [3.05, 3.63) is 298 Å². The molecule has 3 aliphatic carbocycles. The molecule has 0 bridgehead atoms. The Morgan fingerprint density at radius 2 is 0.785 bits per heavy atom. The summed E-state index contributed by atoms with van der Waals surface area (Å²) in [7, 11) is 0. The zero-order chi connectivity index (χ0) is 53.2. The van der Waals surface area contributed by atoms with Crippen LogP contribution < -0.4 is 9.64 Å². The predicted molar refractivity (Wildman–Crippen MR) is 327 cm³/mol. The zero-order valence-corrected chi connectivity index (χ0v) is 45.4. The summed E-state index contributed by atoms with van der Waals surface area (Å²) in [5, 5.41) is 2.48. The molecule has 0 saturated carbocycles. The average molecular weight is 1020 g/mol. The first-order valence-electron chi connectivity index (χ1n) is 28.0. The molecule has 3 heteroatoms. The topological polar surface area (TPSA) is 17.4 Å². The van der Waals surface area contributed by atoms with Gasteiger partial charge < -0.3 is 14.2 Å². The van der Waals surface area contributed by atoms with E-state index < -0.39 is 10.8 Å². The Morgan fingerprint density at radius 1 is 0.342 bits per heavy atom. The van der Waals surface area contributed by atoms with Crippen molar-refractivity contribution in [1.82, 2.24) is 4.57 Å². The Balaban J connectivity index is 1.01. The van der Waals surface area contributed by atoms with E-state index in [9.17, 15) is 0 Å². The summed E-state index contributed by atoms with van der Waals surface area (Å²) in [5.41, 5.74) is 25.6. The second-order valence-electron chi connectivity index (χ2n) is 24.4. The van der Waals surface area contributed by atoms with Crippen LogP contribution >= 0.6 is 0 Å². The molecule has 12 aromatic rings. The summed E-state index contributed by atoms with van der Waals surface area (Å²) in [6.45, 7) is 13.9. The lowest BCUT2D eigenvalue weighted by atomic mass is 9.64. The normalized spacial score (nSPS) is 14.5. The minimum absolute atomic E-state index is 0.102. The van der Waals surface area contributed by atoms with E-state index in [1.807, 2.05) is 0 Å². The number of ether oxygens (including phenoxy) is 1. The van der Waals surface area contributed by atoms with E-state index in [-0.39, 0.29) is 10.8 Å². The van der Waals surface area contributed by atoms with Crippen LogP contribution in [0.15, 0.2) is 243 Å². The maximum Gasteiger partial charge on any atom is 0.132 e. The summed E-state index contributed by atoms with van der Waals surface area (Å²) >= 11 is 0. The quantitative estimate of drug-likeness (QED) is 0.175. The molecule has 0 unspecified atom stereocenters. The van der Waals surface area contributed by atoms with Gasteiger partial charge >= 0.3 is 0 Å². The summed E-state index contributed by atoms with van der Waals surface area (Å²) in [4.78, 5) is 2.58. The molecular weight excluding hydrogens is 957 g/mol. The molecular formula is C76H58N2O. The molecule has 0 N–H and O–H groups in total. The Hall–Kier alpha value is -9.18. The highest BCUT2D eigenvalue weighted by Crippen LogP contribution is 2.67. The highest BCUT2D eigenvalue weighted by molar-refractivity contribution is 6.09. The number of fused-ring (bicyclic) bond motifs is 22. The van der Waals surface area contributed by atoms with Crippen LogP contribution in [0.3, 0.4) is 0 Å². The maximum atomic E-state index is 7.11. The van der Waals surface area contributed by atoms with Crippen molar-refractivity contribution in [2.75, 3.05) is 4.90 Å². The van der Waals surface area contributed by atoms with Crippen molar-refractivity contribution in [1.29, 1.82) is 0 Å². The number of nitrogens with zero attached hydrogens (tertiary/aromatic N) is 2. The van der Waals surface area contributed by atoms with Crippen molar-refractivity contribution in [2.45, 2.75) is 63.2 Å². The maximum absolute atomic E-state index is 7.11. The molecule has 3 nitrogen and oxygen atoms in total. The van der Waals surface area contributed by atoms with E-state index in [4.69, 9.17) is 4.74 Å². The summed E-state index contributed by atoms with van der Waals surface area (Å²) in [6.07, 6.45) is 0. The largest absolute Gasteiger partial charge is 0.457 e. The van der Waals surface area contributed by atoms with E-state index in [1.165, 1.54) is 111 Å². The number of anilines is 3. The lowest BCUT2D eigenvalue weighted by Gasteiger charge is -2.41. The third-order valence-corrected chi connectivity index (χ3v) is 18.2. The molecule has 0 fully saturated rings. The first kappa shape index (κ1) is 46.0. The van der Waals surface area contributed by atoms with Crippen molar-refractivity contribution in [3.63, 3.8) is 0 Å². The number of aromatic nitrogens is 1. The van der Waals surface area contributed by atoms with Crippen LogP contribution in [0.5, 0.6) is 11.5 Å². The molecule has 1 aliphatic heterocycles. The molecule has 11 aromatic carbocycles. The first-order chi connectivity index (χ1) is 38.5. The summed E-state index contributed by atoms with van der Waals surface area (Å²) in [6, 6.07) is 91.9. The minimum Gasteiger partial charge on any atom is -0.457 e. The average Bonchev–Trinajstić information content (AvgIpc) is 3.86. The lowest BCUT2D eigenvalue weighted by Crippen LogP contribution is -2.33. The molecule has 2 heterocycles. The van der Waals surface area contributed by atoms with Gasteiger partial charge in [0.2, 0.25) is 0 Å². The van der Waals surface area contributed by atoms with Gasteiger partial charge in [-0.15, -0.1) is 0 Å². The van der Waals surface area contributed by atoms with E-state index in [0.29, 0.717) is 0 Å². The van der Waals surface area contributed by atoms with Gasteiger partial charge in [0.25, 0.3) is 0 Å². The Kier molecular flexibility index (Phi) is 9.42. The summed E-state index contributed by atoms with van der Waals surface area (Å²) in [5.74, 6) is 1.79. The van der Waals surface area contributed by atoms with Crippen LogP contribution in [0.1, 0.15) is 97.2 Å². The molecule has 0 saturated heterocycles. The molecule has 2 spiro atoms. The second kappa shape index (κ2) is 16.2. The van der Waals surface area contributed by atoms with Crippen LogP contribution in [0.25, 0.3) is 60.9 Å². The van der Waals surface area contributed by atoms with Gasteiger partial charge in [-0.1, -0.05) is 211 Å². The number of hydrogen-bond acceptors (Lipinski definition) is 2. The van der Waals surface area contributed by atoms with E-state index in [1.54, 1.807) is 0 Å². The van der Waals surface area contributed by atoms with Gasteiger partial charge in [0, 0.05) is 44.5 Å². The van der Waals surface area contributed by atoms with Crippen molar-refractivity contribution >= 4 is 38.9 Å². The number of benzene rings is 11. The lowest BCUT2D eigenvalue weighted by molar-refractivity contribution is 0.433. The van der Waals surface area contributed by atoms with Crippen molar-refractivity contribution in [2.24, 2.45) is 0 Å². The smallest absolute Gasteiger partial charge is 0.132 e. The fraction of sp³-hybridized carbons (Fsp3) is 0.132. The Morgan fingerprint density at radius 3 is 1.34 bits per heavy atom. The molecule has 0 amide bonds. The molecule has 16 rings (SSSR count). The van der Waals surface area contributed by atoms with Gasteiger partial charge in [-0.2, -0.15) is 0 Å². The fourth-order valence-corrected chi connectivity index (χ4v) is 14.7. The van der Waals surface area contributed by atoms with E-state index in [0.717, 1.165) is 34.2 Å². The van der Waals surface area contributed by atoms with E-state index in [2.05, 4.69) is 294 Å². The molecule has 0 atom stereocenters. The van der Waals surface area contributed by atoms with Gasteiger partial charge in [-0.05, 0) is 156 Å². The Labute approximate surface area is 462 Å². The molecule has 79 heavy (non-hydrogen) atoms. The van der Waals surface area contributed by atoms with Crippen LogP contribution in [0.2, 0.25) is 0 Å². The van der Waals surface area contributed by atoms with Gasteiger partial charge in [-0.25, -0.2) is 0 Å². The van der Waals surface area contributed by atoms with Crippen LogP contribution in [0.4, 0.5) is 17.1 Å².